The molecule has 3 rings (SSSR count). The van der Waals surface area contributed by atoms with E-state index >= 15 is 0 Å². The molecule has 120 valence electrons. The molecule has 9 heteroatoms. The van der Waals surface area contributed by atoms with Crippen LogP contribution in [0.3, 0.4) is 0 Å². The summed E-state index contributed by atoms with van der Waals surface area (Å²) < 4.78 is 0.831. The lowest BCUT2D eigenvalue weighted by Crippen LogP contribution is -2.13. The van der Waals surface area contributed by atoms with Gasteiger partial charge in [0, 0.05) is 27.7 Å². The summed E-state index contributed by atoms with van der Waals surface area (Å²) in [6, 6.07) is 12.8. The van der Waals surface area contributed by atoms with Crippen LogP contribution in [0.2, 0.25) is 0 Å². The fourth-order valence-corrected chi connectivity index (χ4v) is 2.50. The van der Waals surface area contributed by atoms with Crippen molar-refractivity contribution in [3.05, 3.63) is 68.7 Å². The largest absolute Gasteiger partial charge is 0.289 e. The molecule has 2 N–H and O–H groups in total. The standard InChI is InChI=1S/C15H10BrN5O3/c16-12-7-2-1-6-11(12)13-17-15(20-19-13)18-14(22)9-4-3-5-10(8-9)21(23)24/h1-8H,(H2,17,18,19,20,22). The minimum Gasteiger partial charge on any atom is -0.289 e. The number of anilines is 1. The first-order chi connectivity index (χ1) is 11.5. The highest BCUT2D eigenvalue weighted by atomic mass is 79.9. The molecule has 0 aliphatic heterocycles. The van der Waals surface area contributed by atoms with Gasteiger partial charge in [0.2, 0.25) is 5.95 Å². The molecule has 0 unspecified atom stereocenters. The zero-order valence-corrected chi connectivity index (χ0v) is 13.6. The van der Waals surface area contributed by atoms with Gasteiger partial charge in [-0.2, -0.15) is 4.98 Å². The Morgan fingerprint density at radius 1 is 1.21 bits per heavy atom. The van der Waals surface area contributed by atoms with E-state index in [1.54, 1.807) is 0 Å². The number of benzene rings is 2. The highest BCUT2D eigenvalue weighted by molar-refractivity contribution is 9.10. The van der Waals surface area contributed by atoms with Crippen LogP contribution >= 0.6 is 15.9 Å². The fourth-order valence-electron chi connectivity index (χ4n) is 2.03. The lowest BCUT2D eigenvalue weighted by Gasteiger charge is -2.01. The molecule has 0 bridgehead atoms. The highest BCUT2D eigenvalue weighted by Gasteiger charge is 2.14. The van der Waals surface area contributed by atoms with Crippen molar-refractivity contribution in [1.82, 2.24) is 15.2 Å². The number of nitro benzene ring substituents is 1. The predicted molar refractivity (Wildman–Crippen MR) is 90.6 cm³/mol. The maximum atomic E-state index is 12.2. The summed E-state index contributed by atoms with van der Waals surface area (Å²) in [5.74, 6) is 0.0328. The Kier molecular flexibility index (Phi) is 4.34. The summed E-state index contributed by atoms with van der Waals surface area (Å²) in [6.45, 7) is 0. The molecule has 1 amide bonds. The molecule has 0 saturated heterocycles. The number of nitrogens with zero attached hydrogens (tertiary/aromatic N) is 3. The third-order valence-corrected chi connectivity index (χ3v) is 3.85. The van der Waals surface area contributed by atoms with Gasteiger partial charge < -0.3 is 0 Å². The summed E-state index contributed by atoms with van der Waals surface area (Å²) in [5.41, 5.74) is 0.781. The van der Waals surface area contributed by atoms with E-state index in [0.29, 0.717) is 5.82 Å². The number of halogens is 1. The Hall–Kier alpha value is -3.07. The van der Waals surface area contributed by atoms with Gasteiger partial charge in [-0.3, -0.25) is 25.3 Å². The lowest BCUT2D eigenvalue weighted by molar-refractivity contribution is -0.384. The van der Waals surface area contributed by atoms with Crippen LogP contribution < -0.4 is 5.32 Å². The predicted octanol–water partition coefficient (Wildman–Crippen LogP) is 3.39. The van der Waals surface area contributed by atoms with Crippen LogP contribution in [0.15, 0.2) is 53.0 Å². The van der Waals surface area contributed by atoms with Crippen molar-refractivity contribution < 1.29 is 9.72 Å². The average Bonchev–Trinajstić information content (AvgIpc) is 3.03. The Morgan fingerprint density at radius 3 is 2.75 bits per heavy atom. The highest BCUT2D eigenvalue weighted by Crippen LogP contribution is 2.25. The molecular formula is C15H10BrN5O3. The van der Waals surface area contributed by atoms with Gasteiger partial charge in [0.25, 0.3) is 11.6 Å². The SMILES string of the molecule is O=C(Nc1n[nH]c(-c2ccccc2Br)n1)c1cccc([N+](=O)[O-])c1. The minimum absolute atomic E-state index is 0.0808. The number of aromatic nitrogens is 3. The van der Waals surface area contributed by atoms with E-state index < -0.39 is 10.8 Å². The van der Waals surface area contributed by atoms with E-state index in [1.807, 2.05) is 24.3 Å². The molecule has 1 aromatic heterocycles. The normalized spacial score (nSPS) is 10.4. The molecule has 24 heavy (non-hydrogen) atoms. The second-order valence-corrected chi connectivity index (χ2v) is 5.60. The van der Waals surface area contributed by atoms with Gasteiger partial charge in [0.15, 0.2) is 5.82 Å². The van der Waals surface area contributed by atoms with E-state index in [4.69, 9.17) is 0 Å². The Balaban J connectivity index is 1.80. The van der Waals surface area contributed by atoms with Crippen LogP contribution in [0.5, 0.6) is 0 Å². The fraction of sp³-hybridized carbons (Fsp3) is 0. The third-order valence-electron chi connectivity index (χ3n) is 3.16. The summed E-state index contributed by atoms with van der Waals surface area (Å²) in [4.78, 5) is 26.6. The molecule has 0 fully saturated rings. The number of rotatable bonds is 4. The first kappa shape index (κ1) is 15.8. The van der Waals surface area contributed by atoms with Gasteiger partial charge >= 0.3 is 0 Å². The van der Waals surface area contributed by atoms with Crippen LogP contribution in [0.1, 0.15) is 10.4 Å². The molecule has 0 spiro atoms. The van der Waals surface area contributed by atoms with Crippen LogP contribution in [0.25, 0.3) is 11.4 Å². The summed E-state index contributed by atoms with van der Waals surface area (Å²) >= 11 is 3.41. The second-order valence-electron chi connectivity index (χ2n) is 4.75. The minimum atomic E-state index is -0.561. The Bertz CT molecular complexity index is 925. The van der Waals surface area contributed by atoms with Crippen LogP contribution in [-0.2, 0) is 0 Å². The van der Waals surface area contributed by atoms with Gasteiger partial charge in [-0.25, -0.2) is 0 Å². The van der Waals surface area contributed by atoms with Crippen molar-refractivity contribution >= 4 is 33.5 Å². The lowest BCUT2D eigenvalue weighted by atomic mass is 10.2. The van der Waals surface area contributed by atoms with Gasteiger partial charge in [0.05, 0.1) is 4.92 Å². The number of amides is 1. The average molecular weight is 388 g/mol. The molecule has 0 saturated carbocycles. The van der Waals surface area contributed by atoms with Crippen molar-refractivity contribution in [2.24, 2.45) is 0 Å². The van der Waals surface area contributed by atoms with Crippen LogP contribution in [-0.4, -0.2) is 26.0 Å². The number of carbonyl (C=O) groups excluding carboxylic acids is 1. The molecule has 0 radical (unpaired) electrons. The topological polar surface area (TPSA) is 114 Å². The molecular weight excluding hydrogens is 378 g/mol. The summed E-state index contributed by atoms with van der Waals surface area (Å²) in [6.07, 6.45) is 0. The van der Waals surface area contributed by atoms with E-state index in [0.717, 1.165) is 10.0 Å². The summed E-state index contributed by atoms with van der Waals surface area (Å²) in [7, 11) is 0. The van der Waals surface area contributed by atoms with Crippen molar-refractivity contribution in [1.29, 1.82) is 0 Å². The van der Waals surface area contributed by atoms with E-state index in [1.165, 1.54) is 24.3 Å². The zero-order chi connectivity index (χ0) is 17.1. The first-order valence-corrected chi connectivity index (χ1v) is 7.57. The molecule has 2 aromatic carbocycles. The van der Waals surface area contributed by atoms with Crippen molar-refractivity contribution in [2.75, 3.05) is 5.32 Å². The monoisotopic (exact) mass is 387 g/mol. The maximum absolute atomic E-state index is 12.2. The smallest absolute Gasteiger partial charge is 0.270 e. The number of nitro groups is 1. The number of hydrogen-bond donors (Lipinski definition) is 2. The zero-order valence-electron chi connectivity index (χ0n) is 12.1. The second kappa shape index (κ2) is 6.59. The number of hydrogen-bond acceptors (Lipinski definition) is 5. The molecule has 8 nitrogen and oxygen atoms in total. The Morgan fingerprint density at radius 2 is 2.00 bits per heavy atom. The number of nitrogens with one attached hydrogen (secondary N) is 2. The molecule has 0 atom stereocenters. The van der Waals surface area contributed by atoms with Crippen LogP contribution in [0, 0.1) is 10.1 Å². The van der Waals surface area contributed by atoms with Crippen molar-refractivity contribution in [3.63, 3.8) is 0 Å². The molecule has 0 aliphatic rings. The molecule has 3 aromatic rings. The molecule has 0 aliphatic carbocycles. The van der Waals surface area contributed by atoms with E-state index in [2.05, 4.69) is 36.4 Å². The van der Waals surface area contributed by atoms with Crippen molar-refractivity contribution in [3.8, 4) is 11.4 Å². The van der Waals surface area contributed by atoms with Gasteiger partial charge in [0.1, 0.15) is 0 Å². The van der Waals surface area contributed by atoms with Gasteiger partial charge in [-0.15, -0.1) is 5.10 Å². The van der Waals surface area contributed by atoms with Crippen molar-refractivity contribution in [2.45, 2.75) is 0 Å². The summed E-state index contributed by atoms with van der Waals surface area (Å²) in [5, 5.41) is 19.9. The quantitative estimate of drug-likeness (QED) is 0.525. The van der Waals surface area contributed by atoms with E-state index in [-0.39, 0.29) is 17.2 Å². The Labute approximate surface area is 144 Å². The number of H-pyrrole nitrogens is 1. The van der Waals surface area contributed by atoms with E-state index in [9.17, 15) is 14.9 Å². The van der Waals surface area contributed by atoms with Gasteiger partial charge in [-0.05, 0) is 12.1 Å². The third kappa shape index (κ3) is 3.30. The number of non-ortho nitro benzene ring substituents is 1. The number of carbonyl (C=O) groups is 1. The van der Waals surface area contributed by atoms with Crippen LogP contribution in [0.4, 0.5) is 11.6 Å². The van der Waals surface area contributed by atoms with Gasteiger partial charge in [-0.1, -0.05) is 40.2 Å². The molecule has 1 heterocycles. The number of aromatic amines is 1. The maximum Gasteiger partial charge on any atom is 0.270 e. The first-order valence-electron chi connectivity index (χ1n) is 6.78.